The van der Waals surface area contributed by atoms with Crippen LogP contribution in [0.25, 0.3) is 0 Å². The van der Waals surface area contributed by atoms with Crippen LogP contribution in [0.15, 0.2) is 53.4 Å². The fourth-order valence-corrected chi connectivity index (χ4v) is 2.46. The van der Waals surface area contributed by atoms with Crippen LogP contribution in [-0.2, 0) is 5.75 Å². The molecule has 0 amide bonds. The number of carboxylic acids is 1. The number of thioether (sulfide) groups is 1. The zero-order valence-corrected chi connectivity index (χ0v) is 11.3. The second-order valence-electron chi connectivity index (χ2n) is 4.12. The number of carbonyl (C=O) groups is 1. The molecule has 0 aliphatic rings. The lowest BCUT2D eigenvalue weighted by molar-refractivity contribution is -0.991. The van der Waals surface area contributed by atoms with Crippen LogP contribution in [0.4, 0.5) is 5.69 Å². The standard InChI is InChI=1S/C14H13NO4S/c16-14(17)11-3-1-10(2-4-11)9-20-13-7-5-12(6-8-13)15(18)19/h1-8,15,18H,9H2,(H,16,17). The van der Waals surface area contributed by atoms with E-state index in [-0.39, 0.29) is 11.3 Å². The number of quaternary nitrogens is 1. The Hall–Kier alpha value is -1.86. The molecule has 0 saturated carbocycles. The van der Waals surface area contributed by atoms with E-state index in [4.69, 9.17) is 10.3 Å². The summed E-state index contributed by atoms with van der Waals surface area (Å²) in [7, 11) is 0. The number of benzene rings is 2. The van der Waals surface area contributed by atoms with E-state index in [1.54, 1.807) is 60.3 Å². The van der Waals surface area contributed by atoms with E-state index in [1.807, 2.05) is 0 Å². The molecule has 0 radical (unpaired) electrons. The third-order valence-corrected chi connectivity index (χ3v) is 3.79. The van der Waals surface area contributed by atoms with E-state index in [9.17, 15) is 10.0 Å². The molecule has 0 aliphatic carbocycles. The smallest absolute Gasteiger partial charge is 0.335 e. The quantitative estimate of drug-likeness (QED) is 0.580. The minimum absolute atomic E-state index is 0.264. The Labute approximate surface area is 120 Å². The third kappa shape index (κ3) is 3.82. The lowest BCUT2D eigenvalue weighted by Crippen LogP contribution is -2.99. The van der Waals surface area contributed by atoms with Gasteiger partial charge in [0.2, 0.25) is 0 Å². The average molecular weight is 291 g/mol. The van der Waals surface area contributed by atoms with Gasteiger partial charge in [0.25, 0.3) is 0 Å². The van der Waals surface area contributed by atoms with Crippen molar-refractivity contribution in [3.63, 3.8) is 0 Å². The number of nitrogens with one attached hydrogen (secondary N) is 1. The molecule has 0 fully saturated rings. The maximum atomic E-state index is 10.7. The molecule has 5 nitrogen and oxygen atoms in total. The lowest BCUT2D eigenvalue weighted by atomic mass is 10.1. The van der Waals surface area contributed by atoms with Gasteiger partial charge in [-0.25, -0.2) is 10.0 Å². The predicted octanol–water partition coefficient (Wildman–Crippen LogP) is 2.08. The van der Waals surface area contributed by atoms with Crippen molar-refractivity contribution in [1.82, 2.24) is 0 Å². The molecule has 0 bridgehead atoms. The highest BCUT2D eigenvalue weighted by molar-refractivity contribution is 7.98. The Morgan fingerprint density at radius 2 is 1.70 bits per heavy atom. The van der Waals surface area contributed by atoms with Gasteiger partial charge >= 0.3 is 5.97 Å². The van der Waals surface area contributed by atoms with E-state index in [2.05, 4.69) is 0 Å². The highest BCUT2D eigenvalue weighted by Crippen LogP contribution is 2.23. The first-order chi connectivity index (χ1) is 9.56. The molecule has 3 N–H and O–H groups in total. The Bertz CT molecular complexity index is 581. The molecular weight excluding hydrogens is 278 g/mol. The lowest BCUT2D eigenvalue weighted by Gasteiger charge is -2.11. The van der Waals surface area contributed by atoms with Crippen molar-refractivity contribution in [3.8, 4) is 0 Å². The zero-order chi connectivity index (χ0) is 14.5. The summed E-state index contributed by atoms with van der Waals surface area (Å²) < 4.78 is 0. The Balaban J connectivity index is 1.96. The first-order valence-electron chi connectivity index (χ1n) is 5.84. The van der Waals surface area contributed by atoms with Crippen LogP contribution in [0.3, 0.4) is 0 Å². The molecular formula is C14H13NO4S. The summed E-state index contributed by atoms with van der Waals surface area (Å²) in [5, 5.41) is 27.4. The molecule has 6 heteroatoms. The molecule has 0 aromatic heterocycles. The van der Waals surface area contributed by atoms with Gasteiger partial charge in [-0.3, -0.25) is 0 Å². The van der Waals surface area contributed by atoms with Gasteiger partial charge in [-0.2, -0.15) is 5.23 Å². The summed E-state index contributed by atoms with van der Waals surface area (Å²) in [4.78, 5) is 11.7. The molecule has 0 saturated heterocycles. The number of aromatic carboxylic acids is 1. The molecule has 0 aliphatic heterocycles. The van der Waals surface area contributed by atoms with Crippen LogP contribution >= 0.6 is 11.8 Å². The molecule has 20 heavy (non-hydrogen) atoms. The fraction of sp³-hybridized carbons (Fsp3) is 0.0714. The summed E-state index contributed by atoms with van der Waals surface area (Å²) >= 11 is 1.57. The van der Waals surface area contributed by atoms with Crippen LogP contribution in [0.1, 0.15) is 15.9 Å². The van der Waals surface area contributed by atoms with Crippen molar-refractivity contribution in [1.29, 1.82) is 0 Å². The monoisotopic (exact) mass is 291 g/mol. The molecule has 0 spiro atoms. The first-order valence-corrected chi connectivity index (χ1v) is 6.83. The van der Waals surface area contributed by atoms with Crippen molar-refractivity contribution in [2.45, 2.75) is 10.6 Å². The zero-order valence-electron chi connectivity index (χ0n) is 10.4. The van der Waals surface area contributed by atoms with Crippen molar-refractivity contribution < 1.29 is 20.3 Å². The summed E-state index contributed by atoms with van der Waals surface area (Å²) in [5.74, 6) is -0.236. The molecule has 2 rings (SSSR count). The average Bonchev–Trinajstić information content (AvgIpc) is 2.46. The van der Waals surface area contributed by atoms with Crippen LogP contribution < -0.4 is 5.23 Å². The Kier molecular flexibility index (Phi) is 4.75. The second kappa shape index (κ2) is 6.53. The van der Waals surface area contributed by atoms with Gasteiger partial charge in [-0.15, -0.1) is 11.8 Å². The molecule has 1 atom stereocenters. The highest BCUT2D eigenvalue weighted by atomic mass is 32.2. The van der Waals surface area contributed by atoms with Gasteiger partial charge in [-0.05, 0) is 29.8 Å². The van der Waals surface area contributed by atoms with E-state index >= 15 is 0 Å². The van der Waals surface area contributed by atoms with Crippen molar-refractivity contribution in [3.05, 3.63) is 64.9 Å². The number of carboxylic acid groups (broad SMARTS) is 1. The summed E-state index contributed by atoms with van der Waals surface area (Å²) in [5.41, 5.74) is 1.55. The molecule has 0 heterocycles. The normalized spacial score (nSPS) is 12.1. The van der Waals surface area contributed by atoms with Gasteiger partial charge in [0.05, 0.1) is 5.56 Å². The largest absolute Gasteiger partial charge is 0.595 e. The van der Waals surface area contributed by atoms with Gasteiger partial charge in [0.15, 0.2) is 5.69 Å². The highest BCUT2D eigenvalue weighted by Gasteiger charge is 2.03. The minimum atomic E-state index is -0.939. The summed E-state index contributed by atoms with van der Waals surface area (Å²) in [6, 6.07) is 13.4. The predicted molar refractivity (Wildman–Crippen MR) is 75.2 cm³/mol. The summed E-state index contributed by atoms with van der Waals surface area (Å²) in [6.07, 6.45) is 0. The van der Waals surface area contributed by atoms with Crippen LogP contribution in [0.5, 0.6) is 0 Å². The summed E-state index contributed by atoms with van der Waals surface area (Å²) in [6.45, 7) is 0. The molecule has 2 aromatic carbocycles. The van der Waals surface area contributed by atoms with Crippen molar-refractivity contribution in [2.24, 2.45) is 0 Å². The topological polar surface area (TPSA) is 85.0 Å². The van der Waals surface area contributed by atoms with Crippen molar-refractivity contribution in [2.75, 3.05) is 0 Å². The Morgan fingerprint density at radius 1 is 1.10 bits per heavy atom. The third-order valence-electron chi connectivity index (χ3n) is 2.71. The van der Waals surface area contributed by atoms with E-state index < -0.39 is 11.2 Å². The van der Waals surface area contributed by atoms with Crippen LogP contribution in [-0.4, -0.2) is 16.3 Å². The number of hydrogen-bond donors (Lipinski definition) is 3. The van der Waals surface area contributed by atoms with Crippen LogP contribution in [0.2, 0.25) is 0 Å². The van der Waals surface area contributed by atoms with E-state index in [0.29, 0.717) is 5.75 Å². The van der Waals surface area contributed by atoms with E-state index in [0.717, 1.165) is 10.5 Å². The van der Waals surface area contributed by atoms with Gasteiger partial charge in [0.1, 0.15) is 0 Å². The number of rotatable bonds is 5. The van der Waals surface area contributed by atoms with Crippen LogP contribution in [0, 0.1) is 5.21 Å². The second-order valence-corrected chi connectivity index (χ2v) is 5.17. The van der Waals surface area contributed by atoms with Crippen molar-refractivity contribution >= 4 is 23.4 Å². The molecule has 2 aromatic rings. The maximum Gasteiger partial charge on any atom is 0.335 e. The number of hydrogen-bond acceptors (Lipinski definition) is 4. The molecule has 104 valence electrons. The van der Waals surface area contributed by atoms with Gasteiger partial charge in [-0.1, -0.05) is 12.1 Å². The van der Waals surface area contributed by atoms with Gasteiger partial charge in [0, 0.05) is 22.8 Å². The SMILES string of the molecule is O=C(O)c1ccc(CSc2ccc([NH+]([O-])O)cc2)cc1. The molecule has 1 unspecified atom stereocenters. The van der Waals surface area contributed by atoms with E-state index in [1.165, 1.54) is 0 Å². The minimum Gasteiger partial charge on any atom is -0.595 e. The maximum absolute atomic E-state index is 10.7. The first kappa shape index (κ1) is 14.5. The Morgan fingerprint density at radius 3 is 2.20 bits per heavy atom. The fourth-order valence-electron chi connectivity index (χ4n) is 1.60. The van der Waals surface area contributed by atoms with Gasteiger partial charge < -0.3 is 10.3 Å².